The summed E-state index contributed by atoms with van der Waals surface area (Å²) in [5, 5.41) is 32.3. The van der Waals surface area contributed by atoms with Gasteiger partial charge in [0.1, 0.15) is 0 Å². The lowest BCUT2D eigenvalue weighted by Gasteiger charge is -1.99. The smallest absolute Gasteiger partial charge is 0.357 e. The number of carboxylic acids is 3. The quantitative estimate of drug-likeness (QED) is 0.554. The van der Waals surface area contributed by atoms with E-state index in [-0.39, 0.29) is 16.8 Å². The molecule has 0 spiro atoms. The average molecular weight is 368 g/mol. The number of carbonyl (C=O) groups is 3. The van der Waals surface area contributed by atoms with Crippen LogP contribution in [0.1, 0.15) is 36.8 Å². The highest BCUT2D eigenvalue weighted by atomic mass is 16.4. The van der Waals surface area contributed by atoms with Gasteiger partial charge in [-0.05, 0) is 36.2 Å². The first-order chi connectivity index (χ1) is 12.8. The van der Waals surface area contributed by atoms with Crippen LogP contribution in [0.15, 0.2) is 54.7 Å². The molecule has 8 heteroatoms. The average Bonchev–Trinajstić information content (AvgIpc) is 3.12. The molecular formula is C19H16N2O6. The Morgan fingerprint density at radius 2 is 1.41 bits per heavy atom. The van der Waals surface area contributed by atoms with Crippen LogP contribution in [-0.4, -0.2) is 43.4 Å². The Kier molecular flexibility index (Phi) is 6.06. The van der Waals surface area contributed by atoms with Gasteiger partial charge in [-0.3, -0.25) is 5.10 Å². The number of benzene rings is 2. The fourth-order valence-corrected chi connectivity index (χ4v) is 2.32. The number of nitrogens with one attached hydrogen (secondary N) is 1. The largest absolute Gasteiger partial charge is 0.478 e. The molecule has 0 radical (unpaired) electrons. The van der Waals surface area contributed by atoms with E-state index in [4.69, 9.17) is 15.3 Å². The zero-order valence-electron chi connectivity index (χ0n) is 14.2. The third-order valence-electron chi connectivity index (χ3n) is 3.50. The van der Waals surface area contributed by atoms with Crippen molar-refractivity contribution in [3.05, 3.63) is 77.1 Å². The van der Waals surface area contributed by atoms with Gasteiger partial charge in [-0.2, -0.15) is 5.10 Å². The summed E-state index contributed by atoms with van der Waals surface area (Å²) in [5.74, 6) is -3.26. The van der Waals surface area contributed by atoms with Gasteiger partial charge < -0.3 is 15.3 Å². The summed E-state index contributed by atoms with van der Waals surface area (Å²) in [4.78, 5) is 31.8. The van der Waals surface area contributed by atoms with Crippen molar-refractivity contribution in [1.82, 2.24) is 10.2 Å². The maximum absolute atomic E-state index is 10.8. The molecule has 0 aliphatic carbocycles. The lowest BCUT2D eigenvalue weighted by Crippen LogP contribution is -2.02. The van der Waals surface area contributed by atoms with Gasteiger partial charge in [0.2, 0.25) is 0 Å². The number of aryl methyl sites for hydroxylation is 1. The lowest BCUT2D eigenvalue weighted by molar-refractivity contribution is 0.0679. The summed E-state index contributed by atoms with van der Waals surface area (Å²) < 4.78 is 0. The second kappa shape index (κ2) is 8.43. The number of H-pyrrole nitrogens is 1. The highest BCUT2D eigenvalue weighted by Gasteiger charge is 2.13. The van der Waals surface area contributed by atoms with Crippen LogP contribution >= 0.6 is 0 Å². The molecule has 0 unspecified atom stereocenters. The van der Waals surface area contributed by atoms with Gasteiger partial charge in [0.15, 0.2) is 5.69 Å². The van der Waals surface area contributed by atoms with Crippen molar-refractivity contribution >= 4 is 17.9 Å². The molecule has 3 aromatic rings. The highest BCUT2D eigenvalue weighted by molar-refractivity contribution is 5.94. The molecule has 2 aromatic carbocycles. The van der Waals surface area contributed by atoms with E-state index < -0.39 is 17.9 Å². The Morgan fingerprint density at radius 1 is 0.852 bits per heavy atom. The van der Waals surface area contributed by atoms with Crippen LogP contribution in [0.5, 0.6) is 0 Å². The Bertz CT molecular complexity index is 947. The molecule has 1 heterocycles. The van der Waals surface area contributed by atoms with Crippen molar-refractivity contribution in [1.29, 1.82) is 0 Å². The van der Waals surface area contributed by atoms with Crippen molar-refractivity contribution < 1.29 is 29.7 Å². The summed E-state index contributed by atoms with van der Waals surface area (Å²) in [6, 6.07) is 13.3. The predicted octanol–water partition coefficient (Wildman–Crippen LogP) is 3.17. The standard InChI is InChI=1S/C10H8N2O2.C9H8O4/c13-10(14)9-8(6-11-12-9)7-4-2-1-3-5-7;1-5-2-6(8(10)11)4-7(3-5)9(12)13/h1-6H,(H,11,12)(H,13,14);2-4H,1H3,(H,10,11)(H,12,13). The van der Waals surface area contributed by atoms with Gasteiger partial charge in [0, 0.05) is 11.8 Å². The van der Waals surface area contributed by atoms with Crippen LogP contribution in [0.3, 0.4) is 0 Å². The molecule has 0 atom stereocenters. The SMILES string of the molecule is Cc1cc(C(=O)O)cc(C(=O)O)c1.O=C(O)c1n[nH]cc1-c1ccccc1. The van der Waals surface area contributed by atoms with Crippen LogP contribution < -0.4 is 0 Å². The molecule has 0 aliphatic rings. The number of hydrogen-bond acceptors (Lipinski definition) is 4. The fraction of sp³-hybridized carbons (Fsp3) is 0.0526. The second-order valence-corrected chi connectivity index (χ2v) is 5.52. The van der Waals surface area contributed by atoms with E-state index in [2.05, 4.69) is 10.2 Å². The minimum atomic E-state index is -1.12. The van der Waals surface area contributed by atoms with Gasteiger partial charge in [0.05, 0.1) is 11.1 Å². The van der Waals surface area contributed by atoms with Crippen LogP contribution in [0.25, 0.3) is 11.1 Å². The molecule has 1 aromatic heterocycles. The van der Waals surface area contributed by atoms with Crippen molar-refractivity contribution in [2.45, 2.75) is 6.92 Å². The van der Waals surface area contributed by atoms with Gasteiger partial charge in [-0.1, -0.05) is 30.3 Å². The van der Waals surface area contributed by atoms with E-state index >= 15 is 0 Å². The minimum Gasteiger partial charge on any atom is -0.478 e. The van der Waals surface area contributed by atoms with Gasteiger partial charge in [-0.15, -0.1) is 0 Å². The number of hydrogen-bond donors (Lipinski definition) is 4. The lowest BCUT2D eigenvalue weighted by atomic mass is 10.1. The molecule has 138 valence electrons. The molecule has 0 saturated carbocycles. The molecule has 0 saturated heterocycles. The number of carboxylic acid groups (broad SMARTS) is 3. The zero-order valence-corrected chi connectivity index (χ0v) is 14.2. The normalized spacial score (nSPS) is 9.81. The molecule has 4 N–H and O–H groups in total. The van der Waals surface area contributed by atoms with Crippen LogP contribution in [0, 0.1) is 6.92 Å². The van der Waals surface area contributed by atoms with Crippen LogP contribution in [0.2, 0.25) is 0 Å². The van der Waals surface area contributed by atoms with Crippen LogP contribution in [-0.2, 0) is 0 Å². The Labute approximate surface area is 153 Å². The summed E-state index contributed by atoms with van der Waals surface area (Å²) in [6.45, 7) is 1.65. The molecule has 0 aliphatic heterocycles. The Morgan fingerprint density at radius 3 is 1.89 bits per heavy atom. The third kappa shape index (κ3) is 5.02. The summed E-state index contributed by atoms with van der Waals surface area (Å²) in [5.41, 5.74) is 2.13. The number of aromatic carboxylic acids is 3. The van der Waals surface area contributed by atoms with Crippen molar-refractivity contribution in [2.75, 3.05) is 0 Å². The predicted molar refractivity (Wildman–Crippen MR) is 96.1 cm³/mol. The summed E-state index contributed by atoms with van der Waals surface area (Å²) >= 11 is 0. The van der Waals surface area contributed by atoms with E-state index in [0.29, 0.717) is 11.1 Å². The molecule has 3 rings (SSSR count). The number of nitrogens with zero attached hydrogens (tertiary/aromatic N) is 1. The van der Waals surface area contributed by atoms with E-state index in [1.807, 2.05) is 30.3 Å². The molecule has 27 heavy (non-hydrogen) atoms. The maximum Gasteiger partial charge on any atom is 0.357 e. The first kappa shape index (κ1) is 19.4. The van der Waals surface area contributed by atoms with Gasteiger partial charge in [-0.25, -0.2) is 14.4 Å². The van der Waals surface area contributed by atoms with E-state index in [1.165, 1.54) is 12.1 Å². The molecular weight excluding hydrogens is 352 g/mol. The zero-order chi connectivity index (χ0) is 20.0. The topological polar surface area (TPSA) is 141 Å². The van der Waals surface area contributed by atoms with Crippen molar-refractivity contribution in [2.24, 2.45) is 0 Å². The minimum absolute atomic E-state index is 0.00241. The van der Waals surface area contributed by atoms with E-state index in [1.54, 1.807) is 13.1 Å². The van der Waals surface area contributed by atoms with E-state index in [9.17, 15) is 14.4 Å². The fourth-order valence-electron chi connectivity index (χ4n) is 2.32. The Hall–Kier alpha value is -3.94. The van der Waals surface area contributed by atoms with Gasteiger partial charge in [0.25, 0.3) is 0 Å². The number of aromatic nitrogens is 2. The molecule has 0 bridgehead atoms. The molecule has 8 nitrogen and oxygen atoms in total. The third-order valence-corrected chi connectivity index (χ3v) is 3.50. The monoisotopic (exact) mass is 368 g/mol. The molecule has 0 amide bonds. The maximum atomic E-state index is 10.8. The second-order valence-electron chi connectivity index (χ2n) is 5.52. The summed E-state index contributed by atoms with van der Waals surface area (Å²) in [7, 11) is 0. The number of aromatic amines is 1. The highest BCUT2D eigenvalue weighted by Crippen LogP contribution is 2.21. The van der Waals surface area contributed by atoms with Crippen molar-refractivity contribution in [3.63, 3.8) is 0 Å². The number of rotatable bonds is 4. The summed E-state index contributed by atoms with van der Waals surface area (Å²) in [6.07, 6.45) is 1.58. The van der Waals surface area contributed by atoms with Crippen molar-refractivity contribution in [3.8, 4) is 11.1 Å². The first-order valence-electron chi connectivity index (χ1n) is 7.70. The van der Waals surface area contributed by atoms with Gasteiger partial charge >= 0.3 is 17.9 Å². The van der Waals surface area contributed by atoms with Crippen LogP contribution in [0.4, 0.5) is 0 Å². The van der Waals surface area contributed by atoms with E-state index in [0.717, 1.165) is 11.6 Å². The first-order valence-corrected chi connectivity index (χ1v) is 7.70. The molecule has 0 fully saturated rings. The Balaban J connectivity index is 0.000000194.